The van der Waals surface area contributed by atoms with Crippen LogP contribution in [0.2, 0.25) is 0 Å². The fourth-order valence-corrected chi connectivity index (χ4v) is 3.53. The third-order valence-electron chi connectivity index (χ3n) is 5.09. The second-order valence-electron chi connectivity index (χ2n) is 6.53. The molecule has 0 amide bonds. The lowest BCUT2D eigenvalue weighted by molar-refractivity contribution is -0.145. The van der Waals surface area contributed by atoms with Crippen molar-refractivity contribution in [1.29, 1.82) is 0 Å². The number of carbonyl (C=O) groups is 1. The largest absolute Gasteiger partial charge is 0.480 e. The number of nitrogens with zero attached hydrogens (tertiary/aromatic N) is 2. The number of hydrogen-bond donors (Lipinski definition) is 2. The molecule has 2 fully saturated rings. The molecule has 3 N–H and O–H groups in total. The highest BCUT2D eigenvalue weighted by molar-refractivity contribution is 5.78. The van der Waals surface area contributed by atoms with Gasteiger partial charge in [0.2, 0.25) is 0 Å². The van der Waals surface area contributed by atoms with Gasteiger partial charge in [0.05, 0.1) is 0 Å². The second-order valence-corrected chi connectivity index (χ2v) is 6.53. The molecule has 0 bridgehead atoms. The topological polar surface area (TPSA) is 69.8 Å². The van der Waals surface area contributed by atoms with Crippen LogP contribution in [0, 0.1) is 0 Å². The zero-order valence-corrected chi connectivity index (χ0v) is 12.3. The van der Waals surface area contributed by atoms with Gasteiger partial charge in [0.25, 0.3) is 0 Å². The first kappa shape index (κ1) is 14.8. The van der Waals surface area contributed by atoms with Crippen LogP contribution in [0.5, 0.6) is 0 Å². The van der Waals surface area contributed by atoms with Crippen LogP contribution in [0.15, 0.2) is 0 Å². The van der Waals surface area contributed by atoms with Crippen LogP contribution in [0.25, 0.3) is 0 Å². The van der Waals surface area contributed by atoms with Crippen molar-refractivity contribution in [2.45, 2.75) is 63.2 Å². The molecule has 0 radical (unpaired) electrons. The zero-order chi connectivity index (χ0) is 14.2. The highest BCUT2D eigenvalue weighted by atomic mass is 16.4. The molecule has 5 heteroatoms. The summed E-state index contributed by atoms with van der Waals surface area (Å²) in [6.45, 7) is 6.50. The molecule has 0 spiro atoms. The molecule has 1 aliphatic carbocycles. The molecule has 2 aliphatic rings. The van der Waals surface area contributed by atoms with Crippen molar-refractivity contribution in [3.05, 3.63) is 0 Å². The average molecular weight is 269 g/mol. The quantitative estimate of drug-likeness (QED) is 0.773. The number of aliphatic carboxylic acids is 1. The van der Waals surface area contributed by atoms with E-state index in [1.54, 1.807) is 0 Å². The van der Waals surface area contributed by atoms with E-state index in [9.17, 15) is 9.90 Å². The van der Waals surface area contributed by atoms with Gasteiger partial charge < -0.3 is 10.8 Å². The maximum atomic E-state index is 11.3. The molecule has 5 nitrogen and oxygen atoms in total. The SMILES string of the molecule is CC1CN(C2CCCC(N)(C(=O)O)C2)CC(C)N1C. The Kier molecular flexibility index (Phi) is 4.18. The van der Waals surface area contributed by atoms with Crippen molar-refractivity contribution in [2.24, 2.45) is 5.73 Å². The van der Waals surface area contributed by atoms with Crippen molar-refractivity contribution in [3.63, 3.8) is 0 Å². The Hall–Kier alpha value is -0.650. The van der Waals surface area contributed by atoms with Gasteiger partial charge in [0, 0.05) is 31.2 Å². The average Bonchev–Trinajstić information content (AvgIpc) is 2.35. The van der Waals surface area contributed by atoms with Crippen molar-refractivity contribution < 1.29 is 9.90 Å². The zero-order valence-electron chi connectivity index (χ0n) is 12.3. The van der Waals surface area contributed by atoms with Crippen LogP contribution in [-0.4, -0.2) is 64.7 Å². The molecule has 1 saturated carbocycles. The Bertz CT molecular complexity index is 338. The molecule has 0 aromatic rings. The van der Waals surface area contributed by atoms with Crippen molar-refractivity contribution in [3.8, 4) is 0 Å². The van der Waals surface area contributed by atoms with Crippen LogP contribution in [0.3, 0.4) is 0 Å². The molecule has 1 saturated heterocycles. The Balaban J connectivity index is 2.04. The summed E-state index contributed by atoms with van der Waals surface area (Å²) in [6.07, 6.45) is 3.20. The minimum Gasteiger partial charge on any atom is -0.480 e. The first-order chi connectivity index (χ1) is 8.83. The van der Waals surface area contributed by atoms with Gasteiger partial charge in [-0.1, -0.05) is 0 Å². The van der Waals surface area contributed by atoms with Gasteiger partial charge in [0.15, 0.2) is 0 Å². The first-order valence-corrected chi connectivity index (χ1v) is 7.32. The normalized spacial score (nSPS) is 42.2. The summed E-state index contributed by atoms with van der Waals surface area (Å²) >= 11 is 0. The molecular formula is C14H27N3O2. The minimum absolute atomic E-state index is 0.327. The second kappa shape index (κ2) is 5.38. The predicted octanol–water partition coefficient (Wildman–Crippen LogP) is 0.736. The number of carboxylic acid groups (broad SMARTS) is 1. The molecular weight excluding hydrogens is 242 g/mol. The van der Waals surface area contributed by atoms with E-state index < -0.39 is 11.5 Å². The third kappa shape index (κ3) is 2.93. The number of nitrogens with two attached hydrogens (primary N) is 1. The monoisotopic (exact) mass is 269 g/mol. The summed E-state index contributed by atoms with van der Waals surface area (Å²) in [4.78, 5) is 16.2. The fraction of sp³-hybridized carbons (Fsp3) is 0.929. The standard InChI is InChI=1S/C14H27N3O2/c1-10-8-17(9-11(2)16(10)3)12-5-4-6-14(15,7-12)13(18)19/h10-12H,4-9,15H2,1-3H3,(H,18,19). The number of hydrogen-bond acceptors (Lipinski definition) is 4. The van der Waals surface area contributed by atoms with Gasteiger partial charge >= 0.3 is 5.97 Å². The van der Waals surface area contributed by atoms with E-state index in [1.165, 1.54) is 0 Å². The first-order valence-electron chi connectivity index (χ1n) is 7.32. The molecule has 4 atom stereocenters. The molecule has 0 aromatic carbocycles. The predicted molar refractivity (Wildman–Crippen MR) is 75.1 cm³/mol. The minimum atomic E-state index is -1.02. The van der Waals surface area contributed by atoms with E-state index >= 15 is 0 Å². The lowest BCUT2D eigenvalue weighted by Crippen LogP contribution is -2.61. The van der Waals surface area contributed by atoms with Crippen LogP contribution in [0.1, 0.15) is 39.5 Å². The maximum absolute atomic E-state index is 11.3. The number of piperazine rings is 1. The number of likely N-dealkylation sites (N-methyl/N-ethyl adjacent to an activating group) is 1. The van der Waals surface area contributed by atoms with E-state index in [4.69, 9.17) is 5.73 Å². The highest BCUT2D eigenvalue weighted by Gasteiger charge is 2.42. The highest BCUT2D eigenvalue weighted by Crippen LogP contribution is 2.31. The fourth-order valence-electron chi connectivity index (χ4n) is 3.53. The van der Waals surface area contributed by atoms with Gasteiger partial charge in [-0.2, -0.15) is 0 Å². The molecule has 2 rings (SSSR count). The van der Waals surface area contributed by atoms with Crippen molar-refractivity contribution in [1.82, 2.24) is 9.80 Å². The number of carboxylic acids is 1. The van der Waals surface area contributed by atoms with Crippen LogP contribution >= 0.6 is 0 Å². The molecule has 1 aliphatic heterocycles. The van der Waals surface area contributed by atoms with Gasteiger partial charge in [-0.25, -0.2) is 0 Å². The smallest absolute Gasteiger partial charge is 0.323 e. The maximum Gasteiger partial charge on any atom is 0.323 e. The molecule has 1 heterocycles. The van der Waals surface area contributed by atoms with Gasteiger partial charge in [-0.3, -0.25) is 14.6 Å². The van der Waals surface area contributed by atoms with E-state index in [0.717, 1.165) is 25.9 Å². The molecule has 0 aromatic heterocycles. The van der Waals surface area contributed by atoms with E-state index in [2.05, 4.69) is 30.7 Å². The van der Waals surface area contributed by atoms with Gasteiger partial charge in [-0.15, -0.1) is 0 Å². The lowest BCUT2D eigenvalue weighted by atomic mass is 9.78. The molecule has 19 heavy (non-hydrogen) atoms. The summed E-state index contributed by atoms with van der Waals surface area (Å²) in [6, 6.07) is 1.36. The van der Waals surface area contributed by atoms with Crippen LogP contribution in [0.4, 0.5) is 0 Å². The Morgan fingerprint density at radius 3 is 2.42 bits per heavy atom. The Morgan fingerprint density at radius 2 is 1.89 bits per heavy atom. The van der Waals surface area contributed by atoms with Gasteiger partial charge in [-0.05, 0) is 46.6 Å². The van der Waals surface area contributed by atoms with Gasteiger partial charge in [0.1, 0.15) is 5.54 Å². The summed E-state index contributed by atoms with van der Waals surface area (Å²) < 4.78 is 0. The van der Waals surface area contributed by atoms with Crippen molar-refractivity contribution in [2.75, 3.05) is 20.1 Å². The lowest BCUT2D eigenvalue weighted by Gasteiger charge is -2.48. The van der Waals surface area contributed by atoms with Crippen LogP contribution in [-0.2, 0) is 4.79 Å². The van der Waals surface area contributed by atoms with Crippen LogP contribution < -0.4 is 5.73 Å². The Morgan fingerprint density at radius 1 is 1.32 bits per heavy atom. The van der Waals surface area contributed by atoms with E-state index in [0.29, 0.717) is 31.0 Å². The summed E-state index contributed by atoms with van der Waals surface area (Å²) in [7, 11) is 2.16. The summed E-state index contributed by atoms with van der Waals surface area (Å²) in [5.41, 5.74) is 5.04. The number of rotatable bonds is 2. The molecule has 4 unspecified atom stereocenters. The van der Waals surface area contributed by atoms with E-state index in [-0.39, 0.29) is 0 Å². The Labute approximate surface area is 115 Å². The summed E-state index contributed by atoms with van der Waals surface area (Å²) in [5.74, 6) is -0.840. The third-order valence-corrected chi connectivity index (χ3v) is 5.09. The van der Waals surface area contributed by atoms with E-state index in [1.807, 2.05) is 0 Å². The van der Waals surface area contributed by atoms with Crippen molar-refractivity contribution >= 4 is 5.97 Å². The summed E-state index contributed by atoms with van der Waals surface area (Å²) in [5, 5.41) is 9.31. The molecule has 110 valence electrons.